The molecule has 0 radical (unpaired) electrons. The minimum atomic E-state index is -4.17. The topological polar surface area (TPSA) is 158 Å². The van der Waals surface area contributed by atoms with Crippen molar-refractivity contribution in [2.45, 2.75) is 17.9 Å². The summed E-state index contributed by atoms with van der Waals surface area (Å²) in [6.07, 6.45) is 0. The van der Waals surface area contributed by atoms with Crippen LogP contribution in [0.1, 0.15) is 6.92 Å². The zero-order chi connectivity index (χ0) is 14.8. The van der Waals surface area contributed by atoms with Crippen LogP contribution in [-0.4, -0.2) is 25.3 Å². The third-order valence-corrected chi connectivity index (χ3v) is 3.85. The van der Waals surface area contributed by atoms with Gasteiger partial charge in [-0.2, -0.15) is 4.72 Å². The average Bonchev–Trinajstić information content (AvgIpc) is 2.28. The van der Waals surface area contributed by atoms with E-state index in [-0.39, 0.29) is 5.69 Å². The SMILES string of the molecule is CC(NS(=O)(=O)c1cc([N+](=O)[O-])ccc1N)C(N)=O. The van der Waals surface area contributed by atoms with Gasteiger partial charge in [-0.15, -0.1) is 0 Å². The first-order valence-electron chi connectivity index (χ1n) is 5.00. The smallest absolute Gasteiger partial charge is 0.270 e. The molecule has 1 amide bonds. The molecule has 0 aliphatic rings. The second-order valence-electron chi connectivity index (χ2n) is 3.72. The highest BCUT2D eigenvalue weighted by atomic mass is 32.2. The molecule has 1 unspecified atom stereocenters. The van der Waals surface area contributed by atoms with Crippen LogP contribution in [0.15, 0.2) is 23.1 Å². The van der Waals surface area contributed by atoms with Crippen molar-refractivity contribution in [2.75, 3.05) is 5.73 Å². The number of carbonyl (C=O) groups is 1. The summed E-state index contributed by atoms with van der Waals surface area (Å²) in [5.74, 6) is -0.882. The van der Waals surface area contributed by atoms with E-state index in [1.54, 1.807) is 0 Å². The second-order valence-corrected chi connectivity index (χ2v) is 5.41. The summed E-state index contributed by atoms with van der Waals surface area (Å²) in [5, 5.41) is 10.6. The maximum absolute atomic E-state index is 11.9. The number of hydrogen-bond acceptors (Lipinski definition) is 6. The number of benzene rings is 1. The van der Waals surface area contributed by atoms with Gasteiger partial charge in [0.2, 0.25) is 15.9 Å². The molecular weight excluding hydrogens is 276 g/mol. The third-order valence-electron chi connectivity index (χ3n) is 2.26. The molecule has 1 aromatic carbocycles. The molecule has 19 heavy (non-hydrogen) atoms. The number of sulfonamides is 1. The first kappa shape index (κ1) is 14.9. The minimum absolute atomic E-state index is 0.172. The van der Waals surface area contributed by atoms with Crippen molar-refractivity contribution in [3.05, 3.63) is 28.3 Å². The highest BCUT2D eigenvalue weighted by Gasteiger charge is 2.24. The predicted octanol–water partition coefficient (Wildman–Crippen LogP) is -0.671. The molecule has 0 saturated carbocycles. The number of amides is 1. The lowest BCUT2D eigenvalue weighted by Crippen LogP contribution is -2.42. The number of nitro benzene ring substituents is 1. The van der Waals surface area contributed by atoms with Crippen LogP contribution in [0.4, 0.5) is 11.4 Å². The largest absolute Gasteiger partial charge is 0.398 e. The molecule has 0 saturated heterocycles. The first-order valence-corrected chi connectivity index (χ1v) is 6.49. The molecule has 104 valence electrons. The minimum Gasteiger partial charge on any atom is -0.398 e. The maximum Gasteiger partial charge on any atom is 0.270 e. The Morgan fingerprint density at radius 2 is 2.05 bits per heavy atom. The number of carbonyl (C=O) groups excluding carboxylic acids is 1. The van der Waals surface area contributed by atoms with Crippen molar-refractivity contribution in [1.29, 1.82) is 0 Å². The Kier molecular flexibility index (Phi) is 4.07. The zero-order valence-corrected chi connectivity index (χ0v) is 10.7. The van der Waals surface area contributed by atoms with Crippen molar-refractivity contribution in [3.63, 3.8) is 0 Å². The lowest BCUT2D eigenvalue weighted by Gasteiger charge is -2.12. The second kappa shape index (κ2) is 5.20. The summed E-state index contributed by atoms with van der Waals surface area (Å²) in [7, 11) is -4.17. The Balaban J connectivity index is 3.24. The van der Waals surface area contributed by atoms with Gasteiger partial charge in [0.1, 0.15) is 4.90 Å². The van der Waals surface area contributed by atoms with E-state index in [2.05, 4.69) is 0 Å². The third kappa shape index (κ3) is 3.39. The Morgan fingerprint density at radius 3 is 2.53 bits per heavy atom. The number of anilines is 1. The summed E-state index contributed by atoms with van der Waals surface area (Å²) >= 11 is 0. The molecule has 0 spiro atoms. The number of nitrogens with one attached hydrogen (secondary N) is 1. The van der Waals surface area contributed by atoms with Gasteiger partial charge >= 0.3 is 0 Å². The number of rotatable bonds is 5. The summed E-state index contributed by atoms with van der Waals surface area (Å²) in [5.41, 5.74) is 9.80. The molecule has 5 N–H and O–H groups in total. The van der Waals surface area contributed by atoms with Gasteiger partial charge in [-0.25, -0.2) is 8.42 Å². The Labute approximate surface area is 108 Å². The number of nitrogen functional groups attached to an aromatic ring is 1. The predicted molar refractivity (Wildman–Crippen MR) is 66.5 cm³/mol. The van der Waals surface area contributed by atoms with Crippen LogP contribution in [0.2, 0.25) is 0 Å². The average molecular weight is 288 g/mol. The molecule has 1 aromatic rings. The van der Waals surface area contributed by atoms with Crippen LogP contribution in [0.25, 0.3) is 0 Å². The Morgan fingerprint density at radius 1 is 1.47 bits per heavy atom. The number of hydrogen-bond donors (Lipinski definition) is 3. The summed E-state index contributed by atoms with van der Waals surface area (Å²) < 4.78 is 25.8. The Bertz CT molecular complexity index is 627. The van der Waals surface area contributed by atoms with Crippen molar-refractivity contribution < 1.29 is 18.1 Å². The summed E-state index contributed by atoms with van der Waals surface area (Å²) in [4.78, 5) is 20.2. The lowest BCUT2D eigenvalue weighted by molar-refractivity contribution is -0.385. The van der Waals surface area contributed by atoms with Gasteiger partial charge in [-0.3, -0.25) is 14.9 Å². The van der Waals surface area contributed by atoms with Crippen LogP contribution in [0.3, 0.4) is 0 Å². The fraction of sp³-hybridized carbons (Fsp3) is 0.222. The van der Waals surface area contributed by atoms with Gasteiger partial charge in [-0.05, 0) is 13.0 Å². The van der Waals surface area contributed by atoms with Crippen molar-refractivity contribution in [3.8, 4) is 0 Å². The molecule has 1 atom stereocenters. The quantitative estimate of drug-likeness (QED) is 0.370. The fourth-order valence-corrected chi connectivity index (χ4v) is 2.59. The highest BCUT2D eigenvalue weighted by Crippen LogP contribution is 2.23. The van der Waals surface area contributed by atoms with Gasteiger partial charge in [0.25, 0.3) is 5.69 Å². The van der Waals surface area contributed by atoms with E-state index in [9.17, 15) is 23.3 Å². The van der Waals surface area contributed by atoms with Gasteiger partial charge in [0.15, 0.2) is 0 Å². The summed E-state index contributed by atoms with van der Waals surface area (Å²) in [6.45, 7) is 1.24. The maximum atomic E-state index is 11.9. The molecule has 0 heterocycles. The van der Waals surface area contributed by atoms with E-state index >= 15 is 0 Å². The van der Waals surface area contributed by atoms with Crippen LogP contribution in [0.5, 0.6) is 0 Å². The van der Waals surface area contributed by atoms with E-state index in [0.717, 1.165) is 18.2 Å². The van der Waals surface area contributed by atoms with Gasteiger partial charge in [0.05, 0.1) is 16.7 Å². The van der Waals surface area contributed by atoms with E-state index in [4.69, 9.17) is 11.5 Å². The molecule has 0 aliphatic heterocycles. The Hall–Kier alpha value is -2.20. The monoisotopic (exact) mass is 288 g/mol. The number of nitrogens with zero attached hydrogens (tertiary/aromatic N) is 1. The first-order chi connectivity index (χ1) is 8.65. The molecule has 0 fully saturated rings. The van der Waals surface area contributed by atoms with Gasteiger partial charge < -0.3 is 11.5 Å². The van der Waals surface area contributed by atoms with E-state index in [0.29, 0.717) is 0 Å². The molecular formula is C9H12N4O5S. The summed E-state index contributed by atoms with van der Waals surface area (Å²) in [6, 6.07) is 1.82. The van der Waals surface area contributed by atoms with Crippen molar-refractivity contribution >= 4 is 27.3 Å². The van der Waals surface area contributed by atoms with Gasteiger partial charge in [-0.1, -0.05) is 0 Å². The van der Waals surface area contributed by atoms with Gasteiger partial charge in [0, 0.05) is 12.1 Å². The molecule has 10 heteroatoms. The van der Waals surface area contributed by atoms with Crippen molar-refractivity contribution in [2.24, 2.45) is 5.73 Å². The van der Waals surface area contributed by atoms with Crippen LogP contribution < -0.4 is 16.2 Å². The molecule has 0 aliphatic carbocycles. The number of non-ortho nitro benzene ring substituents is 1. The number of nitro groups is 1. The molecule has 9 nitrogen and oxygen atoms in total. The van der Waals surface area contributed by atoms with E-state index < -0.39 is 37.5 Å². The molecule has 0 bridgehead atoms. The van der Waals surface area contributed by atoms with Crippen LogP contribution in [0, 0.1) is 10.1 Å². The standard InChI is InChI=1S/C9H12N4O5S/c1-5(9(11)14)12-19(17,18)8-4-6(13(15)16)2-3-7(8)10/h2-5,12H,10H2,1H3,(H2,11,14). The van der Waals surface area contributed by atoms with Crippen LogP contribution >= 0.6 is 0 Å². The van der Waals surface area contributed by atoms with Crippen molar-refractivity contribution in [1.82, 2.24) is 4.72 Å². The highest BCUT2D eigenvalue weighted by molar-refractivity contribution is 7.89. The van der Waals surface area contributed by atoms with E-state index in [1.807, 2.05) is 4.72 Å². The van der Waals surface area contributed by atoms with Crippen LogP contribution in [-0.2, 0) is 14.8 Å². The van der Waals surface area contributed by atoms with E-state index in [1.165, 1.54) is 6.92 Å². The number of primary amides is 1. The molecule has 1 rings (SSSR count). The normalized spacial score (nSPS) is 12.9. The lowest BCUT2D eigenvalue weighted by atomic mass is 10.3. The number of nitrogens with two attached hydrogens (primary N) is 2. The fourth-order valence-electron chi connectivity index (χ4n) is 1.22. The molecule has 0 aromatic heterocycles. The zero-order valence-electron chi connectivity index (χ0n) is 9.86.